The molecular weight excluding hydrogens is 476 g/mol. The Hall–Kier alpha value is -3.63. The van der Waals surface area contributed by atoms with Gasteiger partial charge < -0.3 is 16.0 Å². The second-order valence-corrected chi connectivity index (χ2v) is 11.5. The highest BCUT2D eigenvalue weighted by molar-refractivity contribution is 5.83. The zero-order valence-electron chi connectivity index (χ0n) is 23.2. The third-order valence-electron chi connectivity index (χ3n) is 8.52. The minimum Gasteiger partial charge on any atom is -0.381 e. The average molecular weight is 517 g/mol. The molecule has 0 bridgehead atoms. The minimum absolute atomic E-state index is 0.449. The maximum atomic E-state index is 5.25. The Morgan fingerprint density at radius 2 is 1.92 bits per heavy atom. The Balaban J connectivity index is 1.38. The number of rotatable bonds is 9. The van der Waals surface area contributed by atoms with Gasteiger partial charge in [0.1, 0.15) is 5.82 Å². The summed E-state index contributed by atoms with van der Waals surface area (Å²) in [4.78, 5) is 5.25. The molecule has 1 saturated heterocycles. The van der Waals surface area contributed by atoms with Crippen LogP contribution in [-0.2, 0) is 13.0 Å². The molecule has 4 nitrogen and oxygen atoms in total. The summed E-state index contributed by atoms with van der Waals surface area (Å²) in [5.41, 5.74) is 11.6. The van der Waals surface area contributed by atoms with Gasteiger partial charge in [0.2, 0.25) is 0 Å². The van der Waals surface area contributed by atoms with Gasteiger partial charge in [-0.05, 0) is 85.4 Å². The lowest BCUT2D eigenvalue weighted by atomic mass is 9.85. The van der Waals surface area contributed by atoms with E-state index in [2.05, 4.69) is 90.6 Å². The molecule has 6 rings (SSSR count). The lowest BCUT2D eigenvalue weighted by molar-refractivity contribution is 0.461. The predicted octanol–water partition coefficient (Wildman–Crippen LogP) is 7.49. The lowest BCUT2D eigenvalue weighted by Crippen LogP contribution is -2.29. The molecule has 1 aromatic heterocycles. The van der Waals surface area contributed by atoms with E-state index in [1.165, 1.54) is 65.5 Å². The Morgan fingerprint density at radius 3 is 2.69 bits per heavy atom. The molecule has 1 unspecified atom stereocenters. The van der Waals surface area contributed by atoms with Crippen molar-refractivity contribution in [2.45, 2.75) is 57.9 Å². The summed E-state index contributed by atoms with van der Waals surface area (Å²) < 4.78 is 0. The van der Waals surface area contributed by atoms with Crippen molar-refractivity contribution in [3.8, 4) is 11.3 Å². The van der Waals surface area contributed by atoms with Crippen LogP contribution in [0.25, 0.3) is 17.3 Å². The summed E-state index contributed by atoms with van der Waals surface area (Å²) in [5, 5.41) is 10.7. The largest absolute Gasteiger partial charge is 0.381 e. The van der Waals surface area contributed by atoms with E-state index in [-0.39, 0.29) is 0 Å². The van der Waals surface area contributed by atoms with Crippen molar-refractivity contribution < 1.29 is 0 Å². The molecule has 2 aromatic carbocycles. The van der Waals surface area contributed by atoms with Crippen LogP contribution >= 0.6 is 0 Å². The van der Waals surface area contributed by atoms with Gasteiger partial charge in [-0.15, -0.1) is 0 Å². The fourth-order valence-corrected chi connectivity index (χ4v) is 6.09. The Labute approximate surface area is 233 Å². The van der Waals surface area contributed by atoms with E-state index in [9.17, 15) is 0 Å². The zero-order valence-corrected chi connectivity index (χ0v) is 23.2. The first-order valence-corrected chi connectivity index (χ1v) is 14.6. The molecule has 0 amide bonds. The molecular formula is C35H40N4. The van der Waals surface area contributed by atoms with E-state index in [0.29, 0.717) is 5.92 Å². The summed E-state index contributed by atoms with van der Waals surface area (Å²) in [6.45, 7) is 13.8. The van der Waals surface area contributed by atoms with Crippen LogP contribution in [0.15, 0.2) is 84.7 Å². The van der Waals surface area contributed by atoms with E-state index in [1.807, 2.05) is 6.07 Å². The fraction of sp³-hybridized carbons (Fsp3) is 0.343. The number of nitrogens with one attached hydrogen (secondary N) is 3. The molecule has 3 aliphatic rings. The first kappa shape index (κ1) is 25.6. The Bertz CT molecular complexity index is 1410. The van der Waals surface area contributed by atoms with Gasteiger partial charge in [-0.25, -0.2) is 4.98 Å². The summed E-state index contributed by atoms with van der Waals surface area (Å²) in [6, 6.07) is 19.5. The van der Waals surface area contributed by atoms with Crippen molar-refractivity contribution in [1.29, 1.82) is 0 Å². The summed E-state index contributed by atoms with van der Waals surface area (Å²) in [6.07, 6.45) is 9.81. The van der Waals surface area contributed by atoms with Crippen molar-refractivity contribution in [3.63, 3.8) is 0 Å². The summed E-state index contributed by atoms with van der Waals surface area (Å²) in [5.74, 6) is 2.27. The molecule has 1 aliphatic carbocycles. The van der Waals surface area contributed by atoms with Crippen LogP contribution in [-0.4, -0.2) is 18.1 Å². The number of anilines is 1. The van der Waals surface area contributed by atoms with Crippen molar-refractivity contribution in [2.24, 2.45) is 5.92 Å². The van der Waals surface area contributed by atoms with E-state index in [4.69, 9.17) is 4.98 Å². The Kier molecular flexibility index (Phi) is 7.38. The average Bonchev–Trinajstić information content (AvgIpc) is 3.79. The van der Waals surface area contributed by atoms with Gasteiger partial charge in [-0.1, -0.05) is 74.5 Å². The number of hydrogen-bond donors (Lipinski definition) is 3. The van der Waals surface area contributed by atoms with Crippen LogP contribution in [0.4, 0.5) is 5.82 Å². The third-order valence-corrected chi connectivity index (χ3v) is 8.52. The van der Waals surface area contributed by atoms with Gasteiger partial charge in [-0.2, -0.15) is 0 Å². The molecule has 200 valence electrons. The number of pyridine rings is 1. The number of benzene rings is 2. The predicted molar refractivity (Wildman–Crippen MR) is 163 cm³/mol. The molecule has 3 heterocycles. The first-order valence-electron chi connectivity index (χ1n) is 14.6. The van der Waals surface area contributed by atoms with Crippen LogP contribution < -0.4 is 16.0 Å². The topological polar surface area (TPSA) is 49.0 Å². The second kappa shape index (κ2) is 11.2. The molecule has 2 fully saturated rings. The van der Waals surface area contributed by atoms with Crippen LogP contribution in [0.3, 0.4) is 0 Å². The van der Waals surface area contributed by atoms with Crippen LogP contribution in [0.2, 0.25) is 0 Å². The lowest BCUT2D eigenvalue weighted by Gasteiger charge is -2.30. The number of piperidine rings is 1. The molecule has 4 heteroatoms. The molecule has 0 spiro atoms. The maximum Gasteiger partial charge on any atom is 0.138 e. The van der Waals surface area contributed by atoms with Crippen LogP contribution in [0.1, 0.15) is 65.8 Å². The van der Waals surface area contributed by atoms with E-state index in [1.54, 1.807) is 0 Å². The van der Waals surface area contributed by atoms with E-state index in [0.717, 1.165) is 60.5 Å². The van der Waals surface area contributed by atoms with Gasteiger partial charge in [0.05, 0.1) is 5.69 Å². The third kappa shape index (κ3) is 5.72. The molecule has 1 atom stereocenters. The van der Waals surface area contributed by atoms with Gasteiger partial charge in [0.15, 0.2) is 0 Å². The molecule has 2 aliphatic heterocycles. The van der Waals surface area contributed by atoms with E-state index < -0.39 is 0 Å². The van der Waals surface area contributed by atoms with Gasteiger partial charge >= 0.3 is 0 Å². The molecule has 3 N–H and O–H groups in total. The van der Waals surface area contributed by atoms with Crippen LogP contribution in [0, 0.1) is 12.8 Å². The molecule has 1 saturated carbocycles. The highest BCUT2D eigenvalue weighted by atomic mass is 15.0. The van der Waals surface area contributed by atoms with Gasteiger partial charge in [0, 0.05) is 41.2 Å². The van der Waals surface area contributed by atoms with Gasteiger partial charge in [0.25, 0.3) is 0 Å². The maximum absolute atomic E-state index is 5.25. The SMILES string of the molecule is C=C(NCc1ccccc1)C1=Cc2c(C3CCCNC3)cc(-c3c(C)cccc3CCC3CC3)nc2NC1=C. The summed E-state index contributed by atoms with van der Waals surface area (Å²) in [7, 11) is 0. The standard InChI is InChI=1S/C35H40N4/c1-23-9-7-12-28(17-16-26-14-15-26)34(23)33-20-31(29-13-8-18-36-22-29)32-19-30(25(3)38-35(32)39-33)24(2)37-21-27-10-5-4-6-11-27/h4-7,9-12,19-20,26,29,36-37H,2-3,8,13-18,21-22H2,1H3,(H,38,39). The fourth-order valence-electron chi connectivity index (χ4n) is 6.09. The van der Waals surface area contributed by atoms with Crippen molar-refractivity contribution in [3.05, 3.63) is 113 Å². The number of nitrogens with zero attached hydrogens (tertiary/aromatic N) is 1. The number of hydrogen-bond acceptors (Lipinski definition) is 4. The zero-order chi connectivity index (χ0) is 26.8. The number of aromatic nitrogens is 1. The van der Waals surface area contributed by atoms with Gasteiger partial charge in [-0.3, -0.25) is 0 Å². The summed E-state index contributed by atoms with van der Waals surface area (Å²) >= 11 is 0. The first-order chi connectivity index (χ1) is 19.1. The van der Waals surface area contributed by atoms with Crippen molar-refractivity contribution >= 4 is 11.9 Å². The van der Waals surface area contributed by atoms with E-state index >= 15 is 0 Å². The quantitative estimate of drug-likeness (QED) is 0.276. The highest BCUT2D eigenvalue weighted by Gasteiger charge is 2.27. The monoisotopic (exact) mass is 516 g/mol. The number of fused-ring (bicyclic) bond motifs is 1. The normalized spacial score (nSPS) is 18.6. The molecule has 3 aromatic rings. The Morgan fingerprint density at radius 1 is 1.08 bits per heavy atom. The van der Waals surface area contributed by atoms with Crippen molar-refractivity contribution in [2.75, 3.05) is 18.4 Å². The molecule has 39 heavy (non-hydrogen) atoms. The highest BCUT2D eigenvalue weighted by Crippen LogP contribution is 2.41. The smallest absolute Gasteiger partial charge is 0.138 e. The number of aryl methyl sites for hydroxylation is 2. The second-order valence-electron chi connectivity index (χ2n) is 11.5. The van der Waals surface area contributed by atoms with Crippen molar-refractivity contribution in [1.82, 2.24) is 15.6 Å². The minimum atomic E-state index is 0.449. The molecule has 0 radical (unpaired) electrons. The van der Waals surface area contributed by atoms with Crippen LogP contribution in [0.5, 0.6) is 0 Å².